The van der Waals surface area contributed by atoms with E-state index in [0.717, 1.165) is 18.4 Å². The molecular formula is C11H13NO3. The topological polar surface area (TPSA) is 63.4 Å². The van der Waals surface area contributed by atoms with E-state index in [0.29, 0.717) is 5.92 Å². The number of nitro benzene ring substituents is 1. The van der Waals surface area contributed by atoms with Gasteiger partial charge < -0.3 is 5.11 Å². The average Bonchev–Trinajstić information content (AvgIpc) is 2.17. The van der Waals surface area contributed by atoms with E-state index >= 15 is 0 Å². The second-order valence-corrected chi connectivity index (χ2v) is 3.98. The van der Waals surface area contributed by atoms with Crippen LogP contribution in [0, 0.1) is 16.0 Å². The zero-order valence-corrected chi connectivity index (χ0v) is 8.30. The third-order valence-corrected chi connectivity index (χ3v) is 3.16. The molecule has 15 heavy (non-hydrogen) atoms. The Bertz CT molecular complexity index is 376. The van der Waals surface area contributed by atoms with Gasteiger partial charge in [-0.25, -0.2) is 0 Å². The summed E-state index contributed by atoms with van der Waals surface area (Å²) in [4.78, 5) is 10.2. The summed E-state index contributed by atoms with van der Waals surface area (Å²) in [5.74, 6) is 0.585. The van der Waals surface area contributed by atoms with Crippen LogP contribution in [0.25, 0.3) is 0 Å². The van der Waals surface area contributed by atoms with Gasteiger partial charge in [-0.15, -0.1) is 0 Å². The van der Waals surface area contributed by atoms with Gasteiger partial charge in [0.2, 0.25) is 0 Å². The molecule has 0 bridgehead atoms. The minimum atomic E-state index is -0.379. The lowest BCUT2D eigenvalue weighted by molar-refractivity contribution is -0.385. The first-order valence-electron chi connectivity index (χ1n) is 5.07. The van der Waals surface area contributed by atoms with Crippen LogP contribution in [0.3, 0.4) is 0 Å². The molecule has 1 aliphatic rings. The molecule has 0 amide bonds. The van der Waals surface area contributed by atoms with Crippen molar-refractivity contribution in [2.24, 2.45) is 5.92 Å². The van der Waals surface area contributed by atoms with Crippen molar-refractivity contribution in [3.63, 3.8) is 0 Å². The molecule has 4 nitrogen and oxygen atoms in total. The molecular weight excluding hydrogens is 194 g/mol. The summed E-state index contributed by atoms with van der Waals surface area (Å²) in [7, 11) is 0. The smallest absolute Gasteiger partial charge is 0.269 e. The number of nitrogens with zero attached hydrogens (tertiary/aromatic N) is 1. The van der Waals surface area contributed by atoms with Crippen LogP contribution >= 0.6 is 0 Å². The summed E-state index contributed by atoms with van der Waals surface area (Å²) in [5, 5.41) is 19.7. The Morgan fingerprint density at radius 3 is 2.80 bits per heavy atom. The minimum Gasteiger partial charge on any atom is -0.396 e. The van der Waals surface area contributed by atoms with Gasteiger partial charge in [0.05, 0.1) is 4.92 Å². The molecule has 0 aromatic heterocycles. The van der Waals surface area contributed by atoms with Gasteiger partial charge in [-0.3, -0.25) is 10.1 Å². The molecule has 2 rings (SSSR count). The maximum Gasteiger partial charge on any atom is 0.269 e. The number of hydrogen-bond donors (Lipinski definition) is 1. The molecule has 2 unspecified atom stereocenters. The van der Waals surface area contributed by atoms with Crippen molar-refractivity contribution in [2.45, 2.75) is 18.8 Å². The number of non-ortho nitro benzene ring substituents is 1. The number of rotatable bonds is 3. The van der Waals surface area contributed by atoms with Crippen molar-refractivity contribution >= 4 is 5.69 Å². The number of aliphatic hydroxyl groups is 1. The highest BCUT2D eigenvalue weighted by Crippen LogP contribution is 2.42. The molecule has 1 N–H and O–H groups in total. The largest absolute Gasteiger partial charge is 0.396 e. The predicted octanol–water partition coefficient (Wildman–Crippen LogP) is 2.08. The van der Waals surface area contributed by atoms with E-state index in [-0.39, 0.29) is 23.1 Å². The van der Waals surface area contributed by atoms with E-state index in [1.165, 1.54) is 6.07 Å². The summed E-state index contributed by atoms with van der Waals surface area (Å²) >= 11 is 0. The Balaban J connectivity index is 2.21. The number of benzene rings is 1. The van der Waals surface area contributed by atoms with Crippen LogP contribution in [0.2, 0.25) is 0 Å². The molecule has 2 atom stereocenters. The molecule has 0 heterocycles. The van der Waals surface area contributed by atoms with Crippen molar-refractivity contribution in [3.8, 4) is 0 Å². The summed E-state index contributed by atoms with van der Waals surface area (Å²) < 4.78 is 0. The van der Waals surface area contributed by atoms with E-state index in [4.69, 9.17) is 5.11 Å². The Hall–Kier alpha value is -1.42. The van der Waals surface area contributed by atoms with Gasteiger partial charge >= 0.3 is 0 Å². The lowest BCUT2D eigenvalue weighted by Gasteiger charge is -2.35. The van der Waals surface area contributed by atoms with E-state index in [1.54, 1.807) is 12.1 Å². The van der Waals surface area contributed by atoms with Crippen molar-refractivity contribution in [1.82, 2.24) is 0 Å². The maximum absolute atomic E-state index is 10.6. The second kappa shape index (κ2) is 3.98. The van der Waals surface area contributed by atoms with Crippen LogP contribution in [0.5, 0.6) is 0 Å². The number of hydrogen-bond acceptors (Lipinski definition) is 3. The van der Waals surface area contributed by atoms with Gasteiger partial charge in [0.1, 0.15) is 0 Å². The van der Waals surface area contributed by atoms with Gasteiger partial charge in [-0.05, 0) is 30.2 Å². The first-order chi connectivity index (χ1) is 7.22. The van der Waals surface area contributed by atoms with E-state index in [1.807, 2.05) is 6.07 Å². The number of aliphatic hydroxyl groups excluding tert-OH is 1. The Morgan fingerprint density at radius 2 is 2.27 bits per heavy atom. The molecule has 1 saturated carbocycles. The zero-order chi connectivity index (χ0) is 10.8. The minimum absolute atomic E-state index is 0.135. The molecule has 1 aromatic carbocycles. The first kappa shape index (κ1) is 10.1. The summed E-state index contributed by atoms with van der Waals surface area (Å²) in [6.07, 6.45) is 2.04. The van der Waals surface area contributed by atoms with Crippen molar-refractivity contribution in [1.29, 1.82) is 0 Å². The summed E-state index contributed by atoms with van der Waals surface area (Å²) in [5.41, 5.74) is 1.12. The maximum atomic E-state index is 10.6. The van der Waals surface area contributed by atoms with Crippen LogP contribution in [0.1, 0.15) is 24.3 Å². The lowest BCUT2D eigenvalue weighted by Crippen LogP contribution is -2.26. The molecule has 0 saturated heterocycles. The lowest BCUT2D eigenvalue weighted by atomic mass is 9.70. The highest BCUT2D eigenvalue weighted by Gasteiger charge is 2.31. The van der Waals surface area contributed by atoms with E-state index < -0.39 is 0 Å². The molecule has 0 radical (unpaired) electrons. The average molecular weight is 207 g/mol. The van der Waals surface area contributed by atoms with Gasteiger partial charge in [0.15, 0.2) is 0 Å². The van der Waals surface area contributed by atoms with Crippen molar-refractivity contribution < 1.29 is 10.0 Å². The Kier molecular flexibility index (Phi) is 2.68. The van der Waals surface area contributed by atoms with Gasteiger partial charge in [0.25, 0.3) is 5.69 Å². The zero-order valence-electron chi connectivity index (χ0n) is 8.30. The van der Waals surface area contributed by atoms with E-state index in [9.17, 15) is 10.1 Å². The highest BCUT2D eigenvalue weighted by molar-refractivity contribution is 5.37. The van der Waals surface area contributed by atoms with Gasteiger partial charge in [-0.1, -0.05) is 12.1 Å². The van der Waals surface area contributed by atoms with Crippen molar-refractivity contribution in [2.75, 3.05) is 6.61 Å². The molecule has 1 aromatic rings. The van der Waals surface area contributed by atoms with Gasteiger partial charge in [0, 0.05) is 18.7 Å². The quantitative estimate of drug-likeness (QED) is 0.609. The molecule has 1 fully saturated rings. The normalized spacial score (nSPS) is 24.6. The molecule has 1 aliphatic carbocycles. The fraction of sp³-hybridized carbons (Fsp3) is 0.455. The monoisotopic (exact) mass is 207 g/mol. The fourth-order valence-corrected chi connectivity index (χ4v) is 2.10. The predicted molar refractivity (Wildman–Crippen MR) is 55.6 cm³/mol. The van der Waals surface area contributed by atoms with Crippen LogP contribution in [-0.4, -0.2) is 16.6 Å². The standard InChI is InChI=1S/C11H13NO3/c13-7-9-4-5-11(9)8-2-1-3-10(6-8)12(14)15/h1-3,6,9,11,13H,4-5,7H2. The Labute approximate surface area is 87.7 Å². The van der Waals surface area contributed by atoms with Crippen molar-refractivity contribution in [3.05, 3.63) is 39.9 Å². The van der Waals surface area contributed by atoms with Gasteiger partial charge in [-0.2, -0.15) is 0 Å². The summed E-state index contributed by atoms with van der Waals surface area (Å²) in [6.45, 7) is 0.174. The van der Waals surface area contributed by atoms with E-state index in [2.05, 4.69) is 0 Å². The third-order valence-electron chi connectivity index (χ3n) is 3.16. The summed E-state index contributed by atoms with van der Waals surface area (Å²) in [6, 6.07) is 6.72. The number of nitro groups is 1. The molecule has 80 valence electrons. The molecule has 0 aliphatic heterocycles. The molecule has 0 spiro atoms. The van der Waals surface area contributed by atoms with Crippen LogP contribution in [0.4, 0.5) is 5.69 Å². The Morgan fingerprint density at radius 1 is 1.47 bits per heavy atom. The molecule has 4 heteroatoms. The first-order valence-corrected chi connectivity index (χ1v) is 5.07. The van der Waals surface area contributed by atoms with Crippen LogP contribution < -0.4 is 0 Å². The van der Waals surface area contributed by atoms with Crippen LogP contribution in [0.15, 0.2) is 24.3 Å². The third kappa shape index (κ3) is 1.85. The highest BCUT2D eigenvalue weighted by atomic mass is 16.6. The fourth-order valence-electron chi connectivity index (χ4n) is 2.10. The van der Waals surface area contributed by atoms with Crippen LogP contribution in [-0.2, 0) is 0 Å². The second-order valence-electron chi connectivity index (χ2n) is 3.98. The SMILES string of the molecule is O=[N+]([O-])c1cccc(C2CCC2CO)c1.